The minimum Gasteiger partial charge on any atom is -0.462 e. The first-order chi connectivity index (χ1) is 9.43. The summed E-state index contributed by atoms with van der Waals surface area (Å²) in [5.41, 5.74) is 3.94. The lowest BCUT2D eigenvalue weighted by Crippen LogP contribution is -2.20. The quantitative estimate of drug-likeness (QED) is 0.781. The zero-order valence-electron chi connectivity index (χ0n) is 13.2. The summed E-state index contributed by atoms with van der Waals surface area (Å²) in [6.45, 7) is 10.9. The van der Waals surface area contributed by atoms with Crippen LogP contribution in [-0.2, 0) is 11.2 Å². The molecule has 1 aliphatic rings. The van der Waals surface area contributed by atoms with E-state index in [-0.39, 0.29) is 11.9 Å². The third kappa shape index (κ3) is 2.87. The maximum Gasteiger partial charge on any atom is 0.339 e. The molecule has 3 nitrogen and oxygen atoms in total. The maximum absolute atomic E-state index is 12.2. The van der Waals surface area contributed by atoms with Crippen LogP contribution in [0.25, 0.3) is 0 Å². The summed E-state index contributed by atoms with van der Waals surface area (Å²) in [7, 11) is 0. The van der Waals surface area contributed by atoms with Gasteiger partial charge in [-0.05, 0) is 49.1 Å². The average Bonchev–Trinajstić information content (AvgIpc) is 2.37. The summed E-state index contributed by atoms with van der Waals surface area (Å²) >= 11 is 0. The molecule has 0 fully saturated rings. The SMILES string of the molecule is CCOC(=O)c1cc2c(nc1C(C)C)C(C)CC(C)C2. The molecule has 0 aliphatic heterocycles. The van der Waals surface area contributed by atoms with Crippen LogP contribution in [-0.4, -0.2) is 17.6 Å². The highest BCUT2D eigenvalue weighted by atomic mass is 16.5. The molecule has 2 rings (SSSR count). The third-order valence-electron chi connectivity index (χ3n) is 4.00. The second-order valence-electron chi connectivity index (χ2n) is 6.29. The van der Waals surface area contributed by atoms with Crippen LogP contribution < -0.4 is 0 Å². The molecule has 0 saturated carbocycles. The molecule has 0 saturated heterocycles. The topological polar surface area (TPSA) is 39.2 Å². The number of fused-ring (bicyclic) bond motifs is 1. The van der Waals surface area contributed by atoms with Crippen LogP contribution in [0.1, 0.15) is 80.2 Å². The monoisotopic (exact) mass is 275 g/mol. The van der Waals surface area contributed by atoms with Crippen molar-refractivity contribution in [3.05, 3.63) is 28.6 Å². The van der Waals surface area contributed by atoms with Gasteiger partial charge in [-0.1, -0.05) is 27.7 Å². The van der Waals surface area contributed by atoms with Crippen LogP contribution in [0.3, 0.4) is 0 Å². The van der Waals surface area contributed by atoms with Crippen molar-refractivity contribution in [3.63, 3.8) is 0 Å². The first kappa shape index (κ1) is 15.0. The minimum atomic E-state index is -0.239. The van der Waals surface area contributed by atoms with Gasteiger partial charge in [0.25, 0.3) is 0 Å². The van der Waals surface area contributed by atoms with Gasteiger partial charge in [0.2, 0.25) is 0 Å². The molecule has 0 N–H and O–H groups in total. The van der Waals surface area contributed by atoms with Crippen molar-refractivity contribution >= 4 is 5.97 Å². The highest BCUT2D eigenvalue weighted by Crippen LogP contribution is 2.35. The van der Waals surface area contributed by atoms with Crippen LogP contribution in [0.4, 0.5) is 0 Å². The van der Waals surface area contributed by atoms with Crippen LogP contribution in [0.15, 0.2) is 6.07 Å². The van der Waals surface area contributed by atoms with E-state index in [9.17, 15) is 4.79 Å². The summed E-state index contributed by atoms with van der Waals surface area (Å²) in [5.74, 6) is 1.12. The molecule has 0 amide bonds. The van der Waals surface area contributed by atoms with E-state index in [2.05, 4.69) is 27.7 Å². The zero-order chi connectivity index (χ0) is 14.9. The zero-order valence-corrected chi connectivity index (χ0v) is 13.2. The molecule has 0 aromatic carbocycles. The number of rotatable bonds is 3. The fourth-order valence-electron chi connectivity index (χ4n) is 3.16. The summed E-state index contributed by atoms with van der Waals surface area (Å²) in [5, 5.41) is 0. The van der Waals surface area contributed by atoms with E-state index < -0.39 is 0 Å². The number of aromatic nitrogens is 1. The Morgan fingerprint density at radius 1 is 1.45 bits per heavy atom. The second kappa shape index (κ2) is 5.94. The van der Waals surface area contributed by atoms with E-state index in [4.69, 9.17) is 9.72 Å². The number of ether oxygens (including phenoxy) is 1. The second-order valence-corrected chi connectivity index (χ2v) is 6.29. The molecule has 1 aliphatic carbocycles. The number of hydrogen-bond donors (Lipinski definition) is 0. The first-order valence-electron chi connectivity index (χ1n) is 7.64. The number of hydrogen-bond acceptors (Lipinski definition) is 3. The molecule has 20 heavy (non-hydrogen) atoms. The van der Waals surface area contributed by atoms with Gasteiger partial charge < -0.3 is 4.74 Å². The lowest BCUT2D eigenvalue weighted by molar-refractivity contribution is 0.0523. The molecule has 1 aromatic rings. The van der Waals surface area contributed by atoms with Gasteiger partial charge >= 0.3 is 5.97 Å². The Morgan fingerprint density at radius 2 is 2.15 bits per heavy atom. The van der Waals surface area contributed by atoms with Crippen molar-refractivity contribution in [1.29, 1.82) is 0 Å². The molecule has 1 aromatic heterocycles. The summed E-state index contributed by atoms with van der Waals surface area (Å²) in [6, 6.07) is 2.03. The number of nitrogens with zero attached hydrogens (tertiary/aromatic N) is 1. The maximum atomic E-state index is 12.2. The minimum absolute atomic E-state index is 0.228. The van der Waals surface area contributed by atoms with Crippen molar-refractivity contribution < 1.29 is 9.53 Å². The summed E-state index contributed by atoms with van der Waals surface area (Å²) in [6.07, 6.45) is 2.19. The first-order valence-corrected chi connectivity index (χ1v) is 7.64. The van der Waals surface area contributed by atoms with Gasteiger partial charge in [-0.2, -0.15) is 0 Å². The Labute approximate surface area is 121 Å². The molecule has 0 bridgehead atoms. The van der Waals surface area contributed by atoms with E-state index in [1.54, 1.807) is 0 Å². The molecule has 0 radical (unpaired) electrons. The normalized spacial score (nSPS) is 21.7. The number of carbonyl (C=O) groups excluding carboxylic acids is 1. The van der Waals surface area contributed by atoms with Crippen LogP contribution in [0.5, 0.6) is 0 Å². The van der Waals surface area contributed by atoms with Crippen molar-refractivity contribution in [2.45, 2.75) is 59.3 Å². The van der Waals surface area contributed by atoms with Crippen molar-refractivity contribution in [3.8, 4) is 0 Å². The highest BCUT2D eigenvalue weighted by Gasteiger charge is 2.27. The summed E-state index contributed by atoms with van der Waals surface area (Å²) < 4.78 is 5.18. The predicted octanol–water partition coefficient (Wildman–Crippen LogP) is 4.07. The van der Waals surface area contributed by atoms with Crippen LogP contribution in [0.2, 0.25) is 0 Å². The Balaban J connectivity index is 2.51. The molecule has 2 atom stereocenters. The van der Waals surface area contributed by atoms with E-state index in [1.807, 2.05) is 13.0 Å². The Bertz CT molecular complexity index is 508. The van der Waals surface area contributed by atoms with Crippen molar-refractivity contribution in [1.82, 2.24) is 4.98 Å². The molecule has 2 unspecified atom stereocenters. The van der Waals surface area contributed by atoms with E-state index in [0.29, 0.717) is 24.0 Å². The van der Waals surface area contributed by atoms with Crippen LogP contribution in [0, 0.1) is 5.92 Å². The van der Waals surface area contributed by atoms with Gasteiger partial charge in [-0.3, -0.25) is 4.98 Å². The fraction of sp³-hybridized carbons (Fsp3) is 0.647. The van der Waals surface area contributed by atoms with Gasteiger partial charge in [-0.25, -0.2) is 4.79 Å². The standard InChI is InChI=1S/C17H25NO2/c1-6-20-17(19)14-9-13-8-11(4)7-12(5)16(13)18-15(14)10(2)3/h9-12H,6-8H2,1-5H3. The van der Waals surface area contributed by atoms with E-state index in [1.165, 1.54) is 17.7 Å². The smallest absolute Gasteiger partial charge is 0.339 e. The van der Waals surface area contributed by atoms with Gasteiger partial charge in [-0.15, -0.1) is 0 Å². The lowest BCUT2D eigenvalue weighted by atomic mass is 9.80. The molecule has 1 heterocycles. The molecular formula is C17H25NO2. The van der Waals surface area contributed by atoms with Crippen molar-refractivity contribution in [2.24, 2.45) is 5.92 Å². The number of esters is 1. The lowest BCUT2D eigenvalue weighted by Gasteiger charge is -2.28. The molecule has 110 valence electrons. The Morgan fingerprint density at radius 3 is 2.75 bits per heavy atom. The van der Waals surface area contributed by atoms with E-state index >= 15 is 0 Å². The Kier molecular flexibility index (Phi) is 4.46. The van der Waals surface area contributed by atoms with E-state index in [0.717, 1.165) is 12.1 Å². The van der Waals surface area contributed by atoms with Crippen molar-refractivity contribution in [2.75, 3.05) is 6.61 Å². The largest absolute Gasteiger partial charge is 0.462 e. The fourth-order valence-corrected chi connectivity index (χ4v) is 3.16. The van der Waals surface area contributed by atoms with Gasteiger partial charge in [0.1, 0.15) is 0 Å². The Hall–Kier alpha value is -1.38. The van der Waals surface area contributed by atoms with Gasteiger partial charge in [0.15, 0.2) is 0 Å². The van der Waals surface area contributed by atoms with Crippen LogP contribution >= 0.6 is 0 Å². The van der Waals surface area contributed by atoms with Gasteiger partial charge in [0, 0.05) is 5.69 Å². The summed E-state index contributed by atoms with van der Waals surface area (Å²) in [4.78, 5) is 17.0. The molecule has 0 spiro atoms. The third-order valence-corrected chi connectivity index (χ3v) is 4.00. The number of carbonyl (C=O) groups is 1. The van der Waals surface area contributed by atoms with Gasteiger partial charge in [0.05, 0.1) is 17.9 Å². The number of pyridine rings is 1. The average molecular weight is 275 g/mol. The highest BCUT2D eigenvalue weighted by molar-refractivity contribution is 5.91. The predicted molar refractivity (Wildman–Crippen MR) is 80.2 cm³/mol. The molecular weight excluding hydrogens is 250 g/mol. The molecule has 3 heteroatoms.